The fraction of sp³-hybridized carbons (Fsp3) is 0.143. The molecule has 1 unspecified atom stereocenters. The lowest BCUT2D eigenvalue weighted by atomic mass is 10.1. The number of nitrogens with one attached hydrogen (secondary N) is 3. The first-order valence-electron chi connectivity index (χ1n) is 14.7. The van der Waals surface area contributed by atoms with Crippen LogP contribution in [0.1, 0.15) is 46.5 Å². The third kappa shape index (κ3) is 9.62. The second-order valence-corrected chi connectivity index (χ2v) is 11.3. The Bertz CT molecular complexity index is 1790. The summed E-state index contributed by atoms with van der Waals surface area (Å²) in [6.07, 6.45) is 1.76. The van der Waals surface area contributed by atoms with Crippen LogP contribution in [0.3, 0.4) is 0 Å². The Morgan fingerprint density at radius 3 is 2.21 bits per heavy atom. The maximum absolute atomic E-state index is 13.5. The van der Waals surface area contributed by atoms with Crippen LogP contribution in [0, 0.1) is 10.1 Å². The van der Waals surface area contributed by atoms with E-state index in [-0.39, 0.29) is 29.5 Å². The largest absolute Gasteiger partial charge is 0.462 e. The van der Waals surface area contributed by atoms with Crippen LogP contribution in [0.25, 0.3) is 6.08 Å². The average Bonchev–Trinajstić information content (AvgIpc) is 3.08. The maximum atomic E-state index is 13.5. The van der Waals surface area contributed by atoms with Gasteiger partial charge in [-0.05, 0) is 80.1 Å². The highest BCUT2D eigenvalue weighted by atomic mass is 32.2. The normalized spacial score (nSPS) is 11.6. The second kappa shape index (κ2) is 16.5. The Kier molecular flexibility index (Phi) is 12.0. The number of nitro benzene ring substituents is 1. The van der Waals surface area contributed by atoms with Crippen molar-refractivity contribution in [3.8, 4) is 0 Å². The molecule has 4 rings (SSSR count). The van der Waals surface area contributed by atoms with Gasteiger partial charge in [-0.2, -0.15) is 0 Å². The standard InChI is InChI=1S/C35H32N4O7S/c1-3-31(34(42)36-26-19-17-24(18-20-26)35(43)46-4-2)47-28-15-10-14-27(22-28)37-33(41)29(38-32(40)23-11-6-5-7-12-23)21-25-13-8-9-16-30(25)39(44)45/h5-22,31H,3-4H2,1-2H3,(H,36,42)(H,37,41)(H,38,40)/b29-21+. The number of nitrogens with zero attached hydrogens (tertiary/aromatic N) is 1. The highest BCUT2D eigenvalue weighted by Crippen LogP contribution is 2.29. The molecule has 0 radical (unpaired) electrons. The van der Waals surface area contributed by atoms with Crippen molar-refractivity contribution < 1.29 is 28.8 Å². The molecule has 12 heteroatoms. The molecule has 3 N–H and O–H groups in total. The molecule has 0 saturated carbocycles. The molecule has 0 heterocycles. The van der Waals surface area contributed by atoms with Crippen molar-refractivity contribution in [3.63, 3.8) is 0 Å². The Hall–Kier alpha value is -5.75. The summed E-state index contributed by atoms with van der Waals surface area (Å²) in [4.78, 5) is 63.2. The number of hydrogen-bond donors (Lipinski definition) is 3. The van der Waals surface area contributed by atoms with Crippen molar-refractivity contribution in [1.82, 2.24) is 5.32 Å². The van der Waals surface area contributed by atoms with Crippen LogP contribution in [-0.4, -0.2) is 40.5 Å². The summed E-state index contributed by atoms with van der Waals surface area (Å²) >= 11 is 1.30. The van der Waals surface area contributed by atoms with Gasteiger partial charge >= 0.3 is 5.97 Å². The number of carbonyl (C=O) groups excluding carboxylic acids is 4. The number of para-hydroxylation sites is 1. The van der Waals surface area contributed by atoms with Crippen molar-refractivity contribution in [1.29, 1.82) is 0 Å². The fourth-order valence-corrected chi connectivity index (χ4v) is 5.35. The lowest BCUT2D eigenvalue weighted by molar-refractivity contribution is -0.385. The highest BCUT2D eigenvalue weighted by molar-refractivity contribution is 8.00. The zero-order valence-corrected chi connectivity index (χ0v) is 26.4. The third-order valence-electron chi connectivity index (χ3n) is 6.66. The van der Waals surface area contributed by atoms with Gasteiger partial charge in [0.2, 0.25) is 5.91 Å². The molecule has 0 spiro atoms. The van der Waals surface area contributed by atoms with Crippen molar-refractivity contribution >= 4 is 58.6 Å². The van der Waals surface area contributed by atoms with Gasteiger partial charge in [-0.15, -0.1) is 11.8 Å². The number of amides is 3. The molecule has 4 aromatic carbocycles. The van der Waals surface area contributed by atoms with E-state index in [1.54, 1.807) is 91.9 Å². The van der Waals surface area contributed by atoms with Crippen LogP contribution in [0.4, 0.5) is 17.1 Å². The SMILES string of the molecule is CCOC(=O)c1ccc(NC(=O)C(CC)Sc2cccc(NC(=O)/C(=C\c3ccccc3[N+](=O)[O-])NC(=O)c3ccccc3)c2)cc1. The zero-order chi connectivity index (χ0) is 33.8. The zero-order valence-electron chi connectivity index (χ0n) is 25.6. The molecule has 0 saturated heterocycles. The van der Waals surface area contributed by atoms with Gasteiger partial charge in [-0.25, -0.2) is 4.79 Å². The van der Waals surface area contributed by atoms with Crippen molar-refractivity contribution in [2.75, 3.05) is 17.2 Å². The van der Waals surface area contributed by atoms with E-state index < -0.39 is 28.0 Å². The fourth-order valence-electron chi connectivity index (χ4n) is 4.33. The van der Waals surface area contributed by atoms with Gasteiger partial charge in [0.25, 0.3) is 17.5 Å². The molecule has 4 aromatic rings. The van der Waals surface area contributed by atoms with E-state index in [4.69, 9.17) is 4.74 Å². The summed E-state index contributed by atoms with van der Waals surface area (Å²) in [7, 11) is 0. The first kappa shape index (κ1) is 34.1. The van der Waals surface area contributed by atoms with Gasteiger partial charge in [-0.3, -0.25) is 24.5 Å². The van der Waals surface area contributed by atoms with E-state index in [9.17, 15) is 29.3 Å². The van der Waals surface area contributed by atoms with Crippen LogP contribution in [0.15, 0.2) is 114 Å². The molecule has 0 aliphatic rings. The van der Waals surface area contributed by atoms with Crippen molar-refractivity contribution in [2.24, 2.45) is 0 Å². The molecule has 0 bridgehead atoms. The minimum atomic E-state index is -0.703. The first-order valence-corrected chi connectivity index (χ1v) is 15.5. The number of thioether (sulfide) groups is 1. The number of rotatable bonds is 13. The minimum Gasteiger partial charge on any atom is -0.462 e. The van der Waals surface area contributed by atoms with Crippen LogP contribution >= 0.6 is 11.8 Å². The Labute approximate surface area is 275 Å². The lowest BCUT2D eigenvalue weighted by Gasteiger charge is -2.16. The predicted octanol–water partition coefficient (Wildman–Crippen LogP) is 6.69. The number of ether oxygens (including phenoxy) is 1. The molecule has 47 heavy (non-hydrogen) atoms. The molecule has 0 fully saturated rings. The van der Waals surface area contributed by atoms with Crippen LogP contribution in [0.5, 0.6) is 0 Å². The molecule has 0 aliphatic heterocycles. The van der Waals surface area contributed by atoms with E-state index in [0.717, 1.165) is 0 Å². The quantitative estimate of drug-likeness (QED) is 0.0474. The lowest BCUT2D eigenvalue weighted by Crippen LogP contribution is -2.30. The number of esters is 1. The first-order chi connectivity index (χ1) is 22.7. The summed E-state index contributed by atoms with van der Waals surface area (Å²) in [6, 6.07) is 27.4. The van der Waals surface area contributed by atoms with Gasteiger partial charge in [0.1, 0.15) is 5.70 Å². The van der Waals surface area contributed by atoms with Gasteiger partial charge in [-0.1, -0.05) is 43.3 Å². The van der Waals surface area contributed by atoms with Crippen molar-refractivity contribution in [2.45, 2.75) is 30.4 Å². The van der Waals surface area contributed by atoms with Crippen LogP contribution in [0.2, 0.25) is 0 Å². The Morgan fingerprint density at radius 2 is 1.53 bits per heavy atom. The van der Waals surface area contributed by atoms with Gasteiger partial charge < -0.3 is 20.7 Å². The van der Waals surface area contributed by atoms with E-state index in [2.05, 4.69) is 16.0 Å². The second-order valence-electron chi connectivity index (χ2n) is 9.98. The molecule has 0 aliphatic carbocycles. The van der Waals surface area contributed by atoms with Gasteiger partial charge in [0, 0.05) is 27.9 Å². The summed E-state index contributed by atoms with van der Waals surface area (Å²) in [6.45, 7) is 3.86. The molecule has 240 valence electrons. The number of anilines is 2. The summed E-state index contributed by atoms with van der Waals surface area (Å²) in [5, 5.41) is 19.3. The minimum absolute atomic E-state index is 0.132. The monoisotopic (exact) mass is 652 g/mol. The molecule has 3 amide bonds. The summed E-state index contributed by atoms with van der Waals surface area (Å²) < 4.78 is 4.99. The maximum Gasteiger partial charge on any atom is 0.338 e. The topological polar surface area (TPSA) is 157 Å². The molecule has 0 aromatic heterocycles. The summed E-state index contributed by atoms with van der Waals surface area (Å²) in [5.41, 5.74) is 1.28. The predicted molar refractivity (Wildman–Crippen MR) is 181 cm³/mol. The number of hydrogen-bond acceptors (Lipinski definition) is 8. The molecular weight excluding hydrogens is 620 g/mol. The van der Waals surface area contributed by atoms with E-state index in [1.807, 2.05) is 6.92 Å². The smallest absolute Gasteiger partial charge is 0.338 e. The van der Waals surface area contributed by atoms with Crippen LogP contribution < -0.4 is 16.0 Å². The van der Waals surface area contributed by atoms with Gasteiger partial charge in [0.15, 0.2) is 0 Å². The highest BCUT2D eigenvalue weighted by Gasteiger charge is 2.21. The molecular formula is C35H32N4O7S. The number of benzene rings is 4. The summed E-state index contributed by atoms with van der Waals surface area (Å²) in [5.74, 6) is -1.95. The third-order valence-corrected chi connectivity index (χ3v) is 8.02. The average molecular weight is 653 g/mol. The molecule has 1 atom stereocenters. The Morgan fingerprint density at radius 1 is 0.830 bits per heavy atom. The van der Waals surface area contributed by atoms with E-state index in [0.29, 0.717) is 33.8 Å². The number of carbonyl (C=O) groups is 4. The molecule has 11 nitrogen and oxygen atoms in total. The van der Waals surface area contributed by atoms with E-state index >= 15 is 0 Å². The van der Waals surface area contributed by atoms with Crippen molar-refractivity contribution in [3.05, 3.63) is 136 Å². The van der Waals surface area contributed by atoms with Crippen LogP contribution in [-0.2, 0) is 14.3 Å². The van der Waals surface area contributed by atoms with E-state index in [1.165, 1.54) is 36.0 Å². The Balaban J connectivity index is 1.50. The number of nitro groups is 1. The van der Waals surface area contributed by atoms with Gasteiger partial charge in [0.05, 0.1) is 27.9 Å².